The number of hydrogen-bond donors (Lipinski definition) is 1. The molecule has 0 saturated heterocycles. The molecule has 0 unspecified atom stereocenters. The Bertz CT molecular complexity index is 546. The fourth-order valence-corrected chi connectivity index (χ4v) is 1.74. The number of ketones is 1. The minimum absolute atomic E-state index is 0.0680. The van der Waals surface area contributed by atoms with E-state index >= 15 is 0 Å². The molecule has 0 aliphatic rings. The number of nitrogens with one attached hydrogen (secondary N) is 1. The monoisotopic (exact) mass is 259 g/mol. The number of aromatic nitrogens is 4. The molecule has 2 rings (SSSR count). The minimum atomic E-state index is 0.0680. The zero-order chi connectivity index (χ0) is 13.7. The van der Waals surface area contributed by atoms with Gasteiger partial charge in [0, 0.05) is 17.8 Å². The van der Waals surface area contributed by atoms with Crippen molar-refractivity contribution in [2.24, 2.45) is 0 Å². The minimum Gasteiger partial charge on any atom is -0.378 e. The molecule has 0 aliphatic heterocycles. The molecule has 6 nitrogen and oxygen atoms in total. The summed E-state index contributed by atoms with van der Waals surface area (Å²) < 4.78 is 1.79. The van der Waals surface area contributed by atoms with E-state index in [4.69, 9.17) is 0 Å². The van der Waals surface area contributed by atoms with Gasteiger partial charge in [-0.15, -0.1) is 5.10 Å². The Kier molecular flexibility index (Phi) is 4.22. The van der Waals surface area contributed by atoms with Crippen molar-refractivity contribution in [1.82, 2.24) is 20.2 Å². The summed E-state index contributed by atoms with van der Waals surface area (Å²) in [7, 11) is 0. The van der Waals surface area contributed by atoms with E-state index in [9.17, 15) is 4.79 Å². The highest BCUT2D eigenvalue weighted by molar-refractivity contribution is 5.94. The lowest BCUT2D eigenvalue weighted by molar-refractivity contribution is 0.101. The van der Waals surface area contributed by atoms with Crippen molar-refractivity contribution in [3.05, 3.63) is 35.7 Å². The molecule has 0 radical (unpaired) electrons. The lowest BCUT2D eigenvalue weighted by atomic mass is 10.1. The van der Waals surface area contributed by atoms with E-state index in [0.717, 1.165) is 24.5 Å². The van der Waals surface area contributed by atoms with Crippen molar-refractivity contribution in [1.29, 1.82) is 0 Å². The zero-order valence-electron chi connectivity index (χ0n) is 11.1. The molecule has 6 heteroatoms. The Morgan fingerprint density at radius 2 is 2.05 bits per heavy atom. The number of Topliss-reactive ketones (excluding diaryl/α,β-unsaturated/α-hetero) is 1. The summed E-state index contributed by atoms with van der Waals surface area (Å²) in [6, 6.07) is 7.37. The fourth-order valence-electron chi connectivity index (χ4n) is 1.74. The maximum atomic E-state index is 11.2. The second-order valence-electron chi connectivity index (χ2n) is 4.31. The van der Waals surface area contributed by atoms with Crippen LogP contribution in [-0.4, -0.2) is 26.0 Å². The Balaban J connectivity index is 1.98. The average molecular weight is 259 g/mol. The maximum Gasteiger partial charge on any atom is 0.170 e. The molecule has 1 N–H and O–H groups in total. The molecule has 0 bridgehead atoms. The SMILES string of the molecule is CCCn1nnnc1CNc1ccc(C(C)=O)cc1. The number of rotatable bonds is 6. The van der Waals surface area contributed by atoms with E-state index < -0.39 is 0 Å². The quantitative estimate of drug-likeness (QED) is 0.802. The topological polar surface area (TPSA) is 72.7 Å². The molecule has 1 heterocycles. The summed E-state index contributed by atoms with van der Waals surface area (Å²) in [6.07, 6.45) is 0.991. The number of hydrogen-bond acceptors (Lipinski definition) is 5. The molecule has 19 heavy (non-hydrogen) atoms. The van der Waals surface area contributed by atoms with E-state index in [-0.39, 0.29) is 5.78 Å². The van der Waals surface area contributed by atoms with Gasteiger partial charge in [-0.3, -0.25) is 4.79 Å². The van der Waals surface area contributed by atoms with Crippen molar-refractivity contribution in [3.63, 3.8) is 0 Å². The molecule has 100 valence electrons. The highest BCUT2D eigenvalue weighted by Gasteiger charge is 2.05. The Hall–Kier alpha value is -2.24. The van der Waals surface area contributed by atoms with Crippen LogP contribution in [-0.2, 0) is 13.1 Å². The van der Waals surface area contributed by atoms with Crippen molar-refractivity contribution in [3.8, 4) is 0 Å². The van der Waals surface area contributed by atoms with E-state index in [1.807, 2.05) is 12.1 Å². The van der Waals surface area contributed by atoms with Crippen LogP contribution in [0.25, 0.3) is 0 Å². The number of aryl methyl sites for hydroxylation is 1. The van der Waals surface area contributed by atoms with E-state index in [2.05, 4.69) is 27.8 Å². The smallest absolute Gasteiger partial charge is 0.170 e. The summed E-state index contributed by atoms with van der Waals surface area (Å²) in [5, 5.41) is 14.8. The molecule has 0 spiro atoms. The Morgan fingerprint density at radius 3 is 2.68 bits per heavy atom. The Morgan fingerprint density at radius 1 is 1.32 bits per heavy atom. The highest BCUT2D eigenvalue weighted by Crippen LogP contribution is 2.11. The van der Waals surface area contributed by atoms with Crippen LogP contribution in [0.15, 0.2) is 24.3 Å². The van der Waals surface area contributed by atoms with Gasteiger partial charge in [-0.25, -0.2) is 4.68 Å². The number of anilines is 1. The second kappa shape index (κ2) is 6.08. The van der Waals surface area contributed by atoms with Gasteiger partial charge in [0.25, 0.3) is 0 Å². The van der Waals surface area contributed by atoms with Crippen LogP contribution in [0.1, 0.15) is 36.5 Å². The first-order valence-corrected chi connectivity index (χ1v) is 6.30. The van der Waals surface area contributed by atoms with Gasteiger partial charge in [0.1, 0.15) is 0 Å². The van der Waals surface area contributed by atoms with Crippen LogP contribution < -0.4 is 5.32 Å². The van der Waals surface area contributed by atoms with Crippen molar-refractivity contribution >= 4 is 11.5 Å². The third-order valence-corrected chi connectivity index (χ3v) is 2.78. The molecule has 2 aromatic rings. The first kappa shape index (κ1) is 13.2. The number of benzene rings is 1. The zero-order valence-corrected chi connectivity index (χ0v) is 11.1. The van der Waals surface area contributed by atoms with Crippen LogP contribution >= 0.6 is 0 Å². The maximum absolute atomic E-state index is 11.2. The van der Waals surface area contributed by atoms with Gasteiger partial charge in [0.2, 0.25) is 0 Å². The van der Waals surface area contributed by atoms with Crippen molar-refractivity contribution in [2.75, 3.05) is 5.32 Å². The fraction of sp³-hybridized carbons (Fsp3) is 0.385. The molecule has 1 aromatic carbocycles. The van der Waals surface area contributed by atoms with Gasteiger partial charge in [-0.2, -0.15) is 0 Å². The summed E-state index contributed by atoms with van der Waals surface area (Å²) in [6.45, 7) is 5.01. The van der Waals surface area contributed by atoms with Gasteiger partial charge in [-0.1, -0.05) is 6.92 Å². The van der Waals surface area contributed by atoms with E-state index in [1.54, 1.807) is 23.7 Å². The summed E-state index contributed by atoms with van der Waals surface area (Å²) in [4.78, 5) is 11.2. The van der Waals surface area contributed by atoms with E-state index in [0.29, 0.717) is 12.1 Å². The van der Waals surface area contributed by atoms with Crippen LogP contribution in [0.4, 0.5) is 5.69 Å². The Labute approximate surface area is 111 Å². The molecule has 0 fully saturated rings. The predicted octanol–water partition coefficient (Wildman–Crippen LogP) is 1.90. The third kappa shape index (κ3) is 3.37. The number of carbonyl (C=O) groups is 1. The first-order valence-electron chi connectivity index (χ1n) is 6.30. The lowest BCUT2D eigenvalue weighted by Crippen LogP contribution is -2.10. The summed E-state index contributed by atoms with van der Waals surface area (Å²) >= 11 is 0. The van der Waals surface area contributed by atoms with Crippen molar-refractivity contribution < 1.29 is 4.79 Å². The normalized spacial score (nSPS) is 10.4. The molecular formula is C13H17N5O. The van der Waals surface area contributed by atoms with Gasteiger partial charge < -0.3 is 5.32 Å². The lowest BCUT2D eigenvalue weighted by Gasteiger charge is -2.07. The number of carbonyl (C=O) groups excluding carboxylic acids is 1. The molecule has 0 amide bonds. The number of nitrogens with zero attached hydrogens (tertiary/aromatic N) is 4. The van der Waals surface area contributed by atoms with Gasteiger partial charge in [0.15, 0.2) is 11.6 Å². The van der Waals surface area contributed by atoms with Crippen LogP contribution in [0, 0.1) is 0 Å². The van der Waals surface area contributed by atoms with Gasteiger partial charge in [0.05, 0.1) is 6.54 Å². The molecule has 1 aromatic heterocycles. The predicted molar refractivity (Wildman–Crippen MR) is 71.9 cm³/mol. The van der Waals surface area contributed by atoms with Crippen LogP contribution in [0.2, 0.25) is 0 Å². The average Bonchev–Trinajstić information content (AvgIpc) is 2.85. The van der Waals surface area contributed by atoms with Crippen LogP contribution in [0.5, 0.6) is 0 Å². The second-order valence-corrected chi connectivity index (χ2v) is 4.31. The van der Waals surface area contributed by atoms with E-state index in [1.165, 1.54) is 0 Å². The standard InChI is InChI=1S/C13H17N5O/c1-3-8-18-13(15-16-17-18)9-14-12-6-4-11(5-7-12)10(2)19/h4-7,14H,3,8-9H2,1-2H3. The highest BCUT2D eigenvalue weighted by atomic mass is 16.1. The molecule has 0 atom stereocenters. The van der Waals surface area contributed by atoms with Crippen molar-refractivity contribution in [2.45, 2.75) is 33.4 Å². The van der Waals surface area contributed by atoms with Gasteiger partial charge in [-0.05, 0) is 48.0 Å². The summed E-state index contributed by atoms with van der Waals surface area (Å²) in [5.74, 6) is 0.871. The summed E-state index contributed by atoms with van der Waals surface area (Å²) in [5.41, 5.74) is 1.65. The third-order valence-electron chi connectivity index (χ3n) is 2.78. The molecule has 0 aliphatic carbocycles. The number of tetrazole rings is 1. The molecular weight excluding hydrogens is 242 g/mol. The van der Waals surface area contributed by atoms with Crippen LogP contribution in [0.3, 0.4) is 0 Å². The largest absolute Gasteiger partial charge is 0.378 e. The molecule has 0 saturated carbocycles. The van der Waals surface area contributed by atoms with Gasteiger partial charge >= 0.3 is 0 Å². The first-order chi connectivity index (χ1) is 9.20.